The van der Waals surface area contributed by atoms with Gasteiger partial charge in [0.05, 0.1) is 13.2 Å². The maximum Gasteiger partial charge on any atom is 0.474 e. The third-order valence-corrected chi connectivity index (χ3v) is 9.09. The molecule has 6 N–H and O–H groups in total. The van der Waals surface area contributed by atoms with Gasteiger partial charge in [0.15, 0.2) is 6.10 Å². The third kappa shape index (κ3) is 11.3. The Morgan fingerprint density at radius 2 is 1.56 bits per heavy atom. The van der Waals surface area contributed by atoms with E-state index in [0.717, 1.165) is 7.11 Å². The number of phosphoric ester groups is 1. The largest absolute Gasteiger partial charge is 0.474 e. The number of rotatable bonds is 18. The molecule has 16 nitrogen and oxygen atoms in total. The second kappa shape index (κ2) is 14.7. The lowest BCUT2D eigenvalue weighted by Crippen LogP contribution is -2.41. The molecule has 19 heteroatoms. The molecule has 0 bridgehead atoms. The van der Waals surface area contributed by atoms with Gasteiger partial charge in [-0.1, -0.05) is 13.8 Å². The molecule has 0 saturated heterocycles. The summed E-state index contributed by atoms with van der Waals surface area (Å²) in [5, 5.41) is 8.23. The second-order valence-electron chi connectivity index (χ2n) is 6.70. The van der Waals surface area contributed by atoms with E-state index in [9.17, 15) is 28.4 Å². The fourth-order valence-corrected chi connectivity index (χ4v) is 4.97. The van der Waals surface area contributed by atoms with E-state index in [4.69, 9.17) is 38.1 Å². The van der Waals surface area contributed by atoms with Crippen LogP contribution in [0.1, 0.15) is 33.1 Å². The SMILES string of the molecule is CCCC(=O)OC(COC(=O)CC)COP(=O)(OC)OCCNCC(O)(P(=O)(O)O)P(=O)(O)O. The molecule has 0 spiro atoms. The molecule has 0 heterocycles. The summed E-state index contributed by atoms with van der Waals surface area (Å²) in [6, 6.07) is 0. The summed E-state index contributed by atoms with van der Waals surface area (Å²) in [6.45, 7) is 0.236. The van der Waals surface area contributed by atoms with Crippen molar-refractivity contribution in [2.75, 3.05) is 40.0 Å². The highest BCUT2D eigenvalue weighted by atomic mass is 31.2. The van der Waals surface area contributed by atoms with E-state index in [0.29, 0.717) is 6.42 Å². The van der Waals surface area contributed by atoms with Gasteiger partial charge in [0.2, 0.25) is 0 Å². The van der Waals surface area contributed by atoms with Crippen LogP contribution in [0, 0.1) is 0 Å². The van der Waals surface area contributed by atoms with Crippen molar-refractivity contribution in [3.05, 3.63) is 0 Å². The molecule has 0 saturated carbocycles. The Hall–Kier alpha value is -0.730. The van der Waals surface area contributed by atoms with E-state index in [1.54, 1.807) is 13.8 Å². The molecule has 0 aliphatic rings. The van der Waals surface area contributed by atoms with Crippen LogP contribution in [0.2, 0.25) is 0 Å². The molecule has 0 aliphatic heterocycles. The summed E-state index contributed by atoms with van der Waals surface area (Å²) in [5.74, 6) is -1.18. The van der Waals surface area contributed by atoms with Crippen LogP contribution in [0.3, 0.4) is 0 Å². The summed E-state index contributed by atoms with van der Waals surface area (Å²) < 4.78 is 59.8. The molecule has 0 amide bonds. The third-order valence-electron chi connectivity index (χ3n) is 3.94. The highest BCUT2D eigenvalue weighted by molar-refractivity contribution is 7.72. The van der Waals surface area contributed by atoms with Crippen molar-refractivity contribution < 1.29 is 71.0 Å². The van der Waals surface area contributed by atoms with E-state index in [2.05, 4.69) is 9.84 Å². The Morgan fingerprint density at radius 1 is 0.971 bits per heavy atom. The topological polar surface area (TPSA) is 245 Å². The highest BCUT2D eigenvalue weighted by Gasteiger charge is 2.59. The van der Waals surface area contributed by atoms with Crippen LogP contribution in [-0.4, -0.2) is 87.8 Å². The average molecular weight is 559 g/mol. The average Bonchev–Trinajstić information content (AvgIpc) is 2.73. The Balaban J connectivity index is 4.89. The van der Waals surface area contributed by atoms with Crippen LogP contribution in [-0.2, 0) is 46.3 Å². The van der Waals surface area contributed by atoms with Gasteiger partial charge in [0.1, 0.15) is 6.61 Å². The van der Waals surface area contributed by atoms with E-state index < -0.39 is 72.4 Å². The number of carbonyl (C=O) groups excluding carboxylic acids is 2. The van der Waals surface area contributed by atoms with Crippen LogP contribution in [0.25, 0.3) is 0 Å². The minimum Gasteiger partial charge on any atom is -0.462 e. The van der Waals surface area contributed by atoms with Crippen molar-refractivity contribution in [1.29, 1.82) is 0 Å². The van der Waals surface area contributed by atoms with E-state index in [-0.39, 0.29) is 19.4 Å². The van der Waals surface area contributed by atoms with Gasteiger partial charge in [-0.05, 0) is 6.42 Å². The zero-order valence-corrected chi connectivity index (χ0v) is 21.6. The fourth-order valence-electron chi connectivity index (χ4n) is 2.03. The van der Waals surface area contributed by atoms with Gasteiger partial charge >= 0.3 is 35.0 Å². The predicted molar refractivity (Wildman–Crippen MR) is 114 cm³/mol. The van der Waals surface area contributed by atoms with Crippen molar-refractivity contribution in [2.24, 2.45) is 0 Å². The lowest BCUT2D eigenvalue weighted by atomic mass is 10.3. The van der Waals surface area contributed by atoms with Crippen molar-refractivity contribution >= 4 is 35.0 Å². The number of carbonyl (C=O) groups is 2. The second-order valence-corrected chi connectivity index (χ2v) is 12.5. The maximum atomic E-state index is 12.5. The molecule has 0 fully saturated rings. The first-order valence-electron chi connectivity index (χ1n) is 9.89. The van der Waals surface area contributed by atoms with Crippen molar-refractivity contribution in [3.63, 3.8) is 0 Å². The zero-order valence-electron chi connectivity index (χ0n) is 18.9. The first-order chi connectivity index (χ1) is 15.5. The Kier molecular flexibility index (Phi) is 14.4. The number of nitrogens with one attached hydrogen (secondary N) is 1. The molecule has 2 atom stereocenters. The molecule has 202 valence electrons. The van der Waals surface area contributed by atoms with E-state index in [1.807, 2.05) is 0 Å². The summed E-state index contributed by atoms with van der Waals surface area (Å²) in [7, 11) is -14.6. The Bertz CT molecular complexity index is 772. The number of esters is 2. The van der Waals surface area contributed by atoms with Gasteiger partial charge in [-0.15, -0.1) is 0 Å². The summed E-state index contributed by atoms with van der Waals surface area (Å²) in [4.78, 5) is 59.3. The molecule has 0 aliphatic carbocycles. The van der Waals surface area contributed by atoms with Crippen LogP contribution in [0.5, 0.6) is 0 Å². The number of phosphoric acid groups is 1. The molecule has 0 radical (unpaired) electrons. The maximum absolute atomic E-state index is 12.5. The van der Waals surface area contributed by atoms with Gasteiger partial charge in [0.25, 0.3) is 5.08 Å². The zero-order chi connectivity index (χ0) is 26.6. The smallest absolute Gasteiger partial charge is 0.462 e. The molecule has 0 rings (SSSR count). The first kappa shape index (κ1) is 33.3. The summed E-state index contributed by atoms with van der Waals surface area (Å²) in [5.41, 5.74) is 0. The van der Waals surface area contributed by atoms with Gasteiger partial charge in [-0.2, -0.15) is 0 Å². The molecule has 0 aromatic rings. The molecule has 0 aromatic carbocycles. The monoisotopic (exact) mass is 559 g/mol. The minimum absolute atomic E-state index is 0.0717. The highest BCUT2D eigenvalue weighted by Crippen LogP contribution is 2.67. The molecule has 2 unspecified atom stereocenters. The number of hydrogen-bond donors (Lipinski definition) is 6. The Morgan fingerprint density at radius 3 is 2.03 bits per heavy atom. The Labute approximate surface area is 196 Å². The van der Waals surface area contributed by atoms with Crippen LogP contribution in [0.4, 0.5) is 0 Å². The normalized spacial score (nSPS) is 15.4. The standard InChI is InChI=1S/C15H32NO15P3/c1-4-6-14(18)31-12(9-28-13(17)5-2)10-30-34(26,27-3)29-8-7-16-11-15(19,32(20,21)22)33(23,24)25/h12,16,19H,4-11H2,1-3H3,(H2,20,21,22)(H2,23,24,25). The quantitative estimate of drug-likeness (QED) is 0.0736. The lowest BCUT2D eigenvalue weighted by Gasteiger charge is -2.29. The number of aliphatic hydroxyl groups is 1. The molecular formula is C15H32NO15P3. The summed E-state index contributed by atoms with van der Waals surface area (Å²) in [6.07, 6.45) is -0.478. The minimum atomic E-state index is -5.64. The van der Waals surface area contributed by atoms with Crippen LogP contribution >= 0.6 is 23.0 Å². The van der Waals surface area contributed by atoms with E-state index >= 15 is 0 Å². The van der Waals surface area contributed by atoms with Gasteiger partial charge < -0.3 is 39.5 Å². The van der Waals surface area contributed by atoms with Crippen LogP contribution < -0.4 is 5.32 Å². The predicted octanol–water partition coefficient (Wildman–Crippen LogP) is 0.0303. The summed E-state index contributed by atoms with van der Waals surface area (Å²) >= 11 is 0. The molecular weight excluding hydrogens is 527 g/mol. The number of hydrogen-bond acceptors (Lipinski definition) is 12. The van der Waals surface area contributed by atoms with Crippen molar-refractivity contribution in [1.82, 2.24) is 5.32 Å². The van der Waals surface area contributed by atoms with Gasteiger partial charge in [0, 0.05) is 33.0 Å². The van der Waals surface area contributed by atoms with Gasteiger partial charge in [-0.3, -0.25) is 32.3 Å². The van der Waals surface area contributed by atoms with E-state index in [1.165, 1.54) is 0 Å². The van der Waals surface area contributed by atoms with Crippen LogP contribution in [0.15, 0.2) is 0 Å². The van der Waals surface area contributed by atoms with Crippen molar-refractivity contribution in [3.8, 4) is 0 Å². The fraction of sp³-hybridized carbons (Fsp3) is 0.867. The van der Waals surface area contributed by atoms with Crippen molar-refractivity contribution in [2.45, 2.75) is 44.3 Å². The molecule has 0 aromatic heterocycles. The lowest BCUT2D eigenvalue weighted by molar-refractivity contribution is -0.161. The first-order valence-corrected chi connectivity index (χ1v) is 14.6. The number of ether oxygens (including phenoxy) is 2. The molecule has 34 heavy (non-hydrogen) atoms. The van der Waals surface area contributed by atoms with Gasteiger partial charge in [-0.25, -0.2) is 4.57 Å².